The van der Waals surface area contributed by atoms with Crippen LogP contribution in [0.1, 0.15) is 39.2 Å². The number of carbonyl (C=O) groups is 1. The molecular weight excluding hydrogens is 312 g/mol. The van der Waals surface area contributed by atoms with E-state index >= 15 is 0 Å². The fraction of sp³-hybridized carbons (Fsp3) is 0.588. The number of rotatable bonds is 2. The van der Waals surface area contributed by atoms with E-state index in [0.717, 1.165) is 5.56 Å². The first kappa shape index (κ1) is 17.8. The Morgan fingerprint density at radius 3 is 2.22 bits per heavy atom. The second-order valence-corrected chi connectivity index (χ2v) is 9.42. The Kier molecular flexibility index (Phi) is 5.04. The lowest BCUT2D eigenvalue weighted by atomic mass is 10.1. The van der Waals surface area contributed by atoms with Crippen molar-refractivity contribution in [2.45, 2.75) is 56.3 Å². The van der Waals surface area contributed by atoms with Gasteiger partial charge in [0, 0.05) is 18.0 Å². The molecule has 0 saturated carbocycles. The van der Waals surface area contributed by atoms with Crippen molar-refractivity contribution in [2.75, 3.05) is 13.1 Å². The van der Waals surface area contributed by atoms with Gasteiger partial charge in [-0.05, 0) is 52.7 Å². The van der Waals surface area contributed by atoms with Gasteiger partial charge in [0.2, 0.25) is 0 Å². The van der Waals surface area contributed by atoms with Crippen molar-refractivity contribution in [1.29, 1.82) is 4.78 Å². The molecule has 0 aromatic heterocycles. The number of aryl methyl sites for hydroxylation is 1. The predicted octanol–water partition coefficient (Wildman–Crippen LogP) is 3.80. The molecule has 1 aliphatic rings. The molecule has 0 spiro atoms. The number of ether oxygens (including phenoxy) is 1. The van der Waals surface area contributed by atoms with E-state index in [4.69, 9.17) is 9.52 Å². The van der Waals surface area contributed by atoms with Crippen molar-refractivity contribution in [3.8, 4) is 0 Å². The van der Waals surface area contributed by atoms with Crippen molar-refractivity contribution in [2.24, 2.45) is 0 Å². The molecule has 1 aromatic rings. The van der Waals surface area contributed by atoms with E-state index in [0.29, 0.717) is 30.8 Å². The maximum atomic E-state index is 12.9. The molecule has 1 heterocycles. The molecule has 1 amide bonds. The number of amides is 1. The third-order valence-corrected chi connectivity index (χ3v) is 6.32. The summed E-state index contributed by atoms with van der Waals surface area (Å²) < 4.78 is 26.6. The molecule has 5 nitrogen and oxygen atoms in total. The van der Waals surface area contributed by atoms with Gasteiger partial charge < -0.3 is 9.64 Å². The highest BCUT2D eigenvalue weighted by Gasteiger charge is 2.32. The summed E-state index contributed by atoms with van der Waals surface area (Å²) >= 11 is 0. The number of benzene rings is 1. The Hall–Kier alpha value is -1.56. The number of nitrogens with zero attached hydrogens (tertiary/aromatic N) is 1. The molecule has 6 heteroatoms. The maximum absolute atomic E-state index is 12.9. The van der Waals surface area contributed by atoms with Crippen molar-refractivity contribution >= 4 is 15.8 Å². The van der Waals surface area contributed by atoms with E-state index in [1.54, 1.807) is 17.0 Å². The predicted molar refractivity (Wildman–Crippen MR) is 91.1 cm³/mol. The minimum atomic E-state index is -2.84. The fourth-order valence-corrected chi connectivity index (χ4v) is 4.43. The van der Waals surface area contributed by atoms with Crippen LogP contribution in [0.25, 0.3) is 0 Å². The molecule has 128 valence electrons. The number of hydrogen-bond acceptors (Lipinski definition) is 4. The summed E-state index contributed by atoms with van der Waals surface area (Å²) in [5, 5.41) is -0.219. The SMILES string of the molecule is Cc1ccc(S(=N)(=O)C2CCN(C(=O)OC(C)(C)C)CC2)cc1. The van der Waals surface area contributed by atoms with Gasteiger partial charge in [0.15, 0.2) is 0 Å². The smallest absolute Gasteiger partial charge is 0.410 e. The van der Waals surface area contributed by atoms with E-state index < -0.39 is 15.3 Å². The minimum absolute atomic E-state index is 0.219. The van der Waals surface area contributed by atoms with Crippen LogP contribution in [0.15, 0.2) is 29.2 Å². The normalized spacial score (nSPS) is 19.2. The molecule has 1 unspecified atom stereocenters. The highest BCUT2D eigenvalue weighted by atomic mass is 32.2. The van der Waals surface area contributed by atoms with Crippen LogP contribution in [0.4, 0.5) is 4.79 Å². The first-order chi connectivity index (χ1) is 10.6. The van der Waals surface area contributed by atoms with Gasteiger partial charge in [0.05, 0.1) is 15.0 Å². The topological polar surface area (TPSA) is 70.5 Å². The largest absolute Gasteiger partial charge is 0.444 e. The molecule has 1 aromatic carbocycles. The Bertz CT molecular complexity index is 652. The summed E-state index contributed by atoms with van der Waals surface area (Å²) in [5.74, 6) is 0. The summed E-state index contributed by atoms with van der Waals surface area (Å²) in [6.45, 7) is 8.46. The third kappa shape index (κ3) is 4.47. The number of piperidine rings is 1. The zero-order valence-electron chi connectivity index (χ0n) is 14.3. The van der Waals surface area contributed by atoms with Crippen LogP contribution in [0, 0.1) is 11.7 Å². The van der Waals surface area contributed by atoms with Gasteiger partial charge in [-0.15, -0.1) is 0 Å². The third-order valence-electron chi connectivity index (χ3n) is 3.93. The van der Waals surface area contributed by atoms with Crippen LogP contribution in [0.2, 0.25) is 0 Å². The Balaban J connectivity index is 2.01. The summed E-state index contributed by atoms with van der Waals surface area (Å²) in [7, 11) is -2.84. The molecule has 0 bridgehead atoms. The van der Waals surface area contributed by atoms with Crippen molar-refractivity contribution in [1.82, 2.24) is 4.90 Å². The molecule has 2 rings (SSSR count). The summed E-state index contributed by atoms with van der Waals surface area (Å²) in [5.41, 5.74) is 0.572. The second kappa shape index (κ2) is 6.51. The van der Waals surface area contributed by atoms with Gasteiger partial charge in [-0.25, -0.2) is 13.8 Å². The summed E-state index contributed by atoms with van der Waals surface area (Å²) in [6, 6.07) is 7.34. The Morgan fingerprint density at radius 1 is 1.22 bits per heavy atom. The molecule has 0 radical (unpaired) electrons. The first-order valence-electron chi connectivity index (χ1n) is 7.92. The number of hydrogen-bond donors (Lipinski definition) is 1. The van der Waals surface area contributed by atoms with Gasteiger partial charge in [0.25, 0.3) is 0 Å². The van der Waals surface area contributed by atoms with Gasteiger partial charge in [-0.3, -0.25) is 0 Å². The van der Waals surface area contributed by atoms with Crippen molar-refractivity contribution < 1.29 is 13.7 Å². The van der Waals surface area contributed by atoms with Crippen LogP contribution < -0.4 is 0 Å². The number of likely N-dealkylation sites (tertiary alicyclic amines) is 1. The van der Waals surface area contributed by atoms with Gasteiger partial charge in [0.1, 0.15) is 5.60 Å². The highest BCUT2D eigenvalue weighted by Crippen LogP contribution is 2.26. The minimum Gasteiger partial charge on any atom is -0.444 e. The molecule has 0 aliphatic carbocycles. The second-order valence-electron chi connectivity index (χ2n) is 7.08. The zero-order valence-corrected chi connectivity index (χ0v) is 15.1. The maximum Gasteiger partial charge on any atom is 0.410 e. The van der Waals surface area contributed by atoms with Crippen molar-refractivity contribution in [3.05, 3.63) is 29.8 Å². The van der Waals surface area contributed by atoms with Gasteiger partial charge in [-0.1, -0.05) is 17.7 Å². The van der Waals surface area contributed by atoms with Crippen LogP contribution >= 0.6 is 0 Å². The lowest BCUT2D eigenvalue weighted by Crippen LogP contribution is -2.44. The van der Waals surface area contributed by atoms with Crippen LogP contribution in [-0.2, 0) is 14.5 Å². The van der Waals surface area contributed by atoms with Crippen LogP contribution in [0.3, 0.4) is 0 Å². The van der Waals surface area contributed by atoms with Crippen LogP contribution in [-0.4, -0.2) is 39.1 Å². The highest BCUT2D eigenvalue weighted by molar-refractivity contribution is 7.93. The van der Waals surface area contributed by atoms with Gasteiger partial charge >= 0.3 is 6.09 Å². The van der Waals surface area contributed by atoms with Crippen LogP contribution in [0.5, 0.6) is 0 Å². The molecule has 1 fully saturated rings. The van der Waals surface area contributed by atoms with E-state index in [2.05, 4.69) is 0 Å². The molecule has 1 atom stereocenters. The first-order valence-corrected chi connectivity index (χ1v) is 9.54. The van der Waals surface area contributed by atoms with Gasteiger partial charge in [-0.2, -0.15) is 0 Å². The molecule has 23 heavy (non-hydrogen) atoms. The van der Waals surface area contributed by atoms with E-state index in [-0.39, 0.29) is 11.3 Å². The van der Waals surface area contributed by atoms with E-state index in [1.807, 2.05) is 39.8 Å². The average molecular weight is 338 g/mol. The lowest BCUT2D eigenvalue weighted by molar-refractivity contribution is 0.0218. The standard InChI is InChI=1S/C17H26N2O3S/c1-13-5-7-14(8-6-13)23(18,21)15-9-11-19(12-10-15)16(20)22-17(2,3)4/h5-8,15,18H,9-12H2,1-4H3. The van der Waals surface area contributed by atoms with E-state index in [9.17, 15) is 9.00 Å². The Morgan fingerprint density at radius 2 is 1.74 bits per heavy atom. The average Bonchev–Trinajstić information content (AvgIpc) is 2.46. The zero-order chi connectivity index (χ0) is 17.3. The molecule has 1 N–H and O–H groups in total. The monoisotopic (exact) mass is 338 g/mol. The molecule has 1 aliphatic heterocycles. The number of carbonyl (C=O) groups excluding carboxylic acids is 1. The number of nitrogens with one attached hydrogen (secondary N) is 1. The summed E-state index contributed by atoms with van der Waals surface area (Å²) in [6.07, 6.45) is 0.799. The molecular formula is C17H26N2O3S. The molecule has 1 saturated heterocycles. The fourth-order valence-electron chi connectivity index (χ4n) is 2.63. The van der Waals surface area contributed by atoms with Crippen molar-refractivity contribution in [3.63, 3.8) is 0 Å². The van der Waals surface area contributed by atoms with E-state index in [1.165, 1.54) is 0 Å². The quantitative estimate of drug-likeness (QED) is 0.891. The summed E-state index contributed by atoms with van der Waals surface area (Å²) in [4.78, 5) is 14.3. The Labute approximate surface area is 139 Å². The lowest BCUT2D eigenvalue weighted by Gasteiger charge is -2.34.